The standard InChI is InChI=1S/C29H47ClO4SSi/c1-9-10-14-26(34-36(7,8)29(3,4)5)25(31)17-16-22-20(2)19-24(30)23(22)13-11-12-21-15-18-27(35-21)28(32)33-6/h15-18,20,22-24,26H,9-14,19H2,1-8H3/b17-16+/t20-,22+,23-,24-,26?/m1/s1. The van der Waals surface area contributed by atoms with Crippen molar-refractivity contribution in [1.82, 2.24) is 0 Å². The van der Waals surface area contributed by atoms with E-state index in [0.29, 0.717) is 22.6 Å². The molecule has 5 atom stereocenters. The molecular weight excluding hydrogens is 508 g/mol. The lowest BCUT2D eigenvalue weighted by molar-refractivity contribution is -0.121. The molecule has 0 bridgehead atoms. The summed E-state index contributed by atoms with van der Waals surface area (Å²) in [7, 11) is -0.631. The normalized spacial score (nSPS) is 23.8. The predicted octanol–water partition coefficient (Wildman–Crippen LogP) is 8.44. The van der Waals surface area contributed by atoms with Crippen LogP contribution in [0.1, 0.15) is 87.7 Å². The molecule has 1 aliphatic rings. The molecule has 0 radical (unpaired) electrons. The zero-order valence-electron chi connectivity index (χ0n) is 23.6. The van der Waals surface area contributed by atoms with Crippen LogP contribution in [0.4, 0.5) is 0 Å². The number of carbonyl (C=O) groups excluding carboxylic acids is 2. The van der Waals surface area contributed by atoms with Crippen molar-refractivity contribution in [3.63, 3.8) is 0 Å². The highest BCUT2D eigenvalue weighted by Gasteiger charge is 2.41. The molecule has 0 spiro atoms. The minimum atomic E-state index is -2.04. The van der Waals surface area contributed by atoms with Gasteiger partial charge in [-0.1, -0.05) is 53.5 Å². The van der Waals surface area contributed by atoms with Gasteiger partial charge in [0, 0.05) is 10.3 Å². The summed E-state index contributed by atoms with van der Waals surface area (Å²) in [5, 5.41) is 0.191. The van der Waals surface area contributed by atoms with Gasteiger partial charge in [0.05, 0.1) is 7.11 Å². The van der Waals surface area contributed by atoms with E-state index in [4.69, 9.17) is 20.8 Å². The van der Waals surface area contributed by atoms with E-state index in [9.17, 15) is 9.59 Å². The van der Waals surface area contributed by atoms with E-state index in [1.807, 2.05) is 12.1 Å². The minimum Gasteiger partial charge on any atom is -0.465 e. The summed E-state index contributed by atoms with van der Waals surface area (Å²) in [6, 6.07) is 3.85. The maximum atomic E-state index is 13.3. The van der Waals surface area contributed by atoms with E-state index in [1.54, 1.807) is 6.08 Å². The highest BCUT2D eigenvalue weighted by atomic mass is 35.5. The zero-order chi connectivity index (χ0) is 27.1. The maximum absolute atomic E-state index is 13.3. The summed E-state index contributed by atoms with van der Waals surface area (Å²) in [5.74, 6) is 0.920. The molecule has 0 amide bonds. The van der Waals surface area contributed by atoms with Gasteiger partial charge in [-0.25, -0.2) is 4.79 Å². The summed E-state index contributed by atoms with van der Waals surface area (Å²) >= 11 is 8.30. The first-order valence-electron chi connectivity index (χ1n) is 13.5. The van der Waals surface area contributed by atoms with Crippen molar-refractivity contribution in [2.24, 2.45) is 17.8 Å². The highest BCUT2D eigenvalue weighted by Crippen LogP contribution is 2.44. The largest absolute Gasteiger partial charge is 0.465 e. The van der Waals surface area contributed by atoms with Gasteiger partial charge < -0.3 is 9.16 Å². The monoisotopic (exact) mass is 554 g/mol. The molecule has 4 nitrogen and oxygen atoms in total. The van der Waals surface area contributed by atoms with Crippen LogP contribution < -0.4 is 0 Å². The third-order valence-corrected chi connectivity index (χ3v) is 14.2. The number of ketones is 1. The van der Waals surface area contributed by atoms with E-state index in [-0.39, 0.29) is 28.3 Å². The van der Waals surface area contributed by atoms with Gasteiger partial charge in [0.2, 0.25) is 0 Å². The maximum Gasteiger partial charge on any atom is 0.348 e. The number of hydrogen-bond acceptors (Lipinski definition) is 5. The molecule has 1 fully saturated rings. The summed E-state index contributed by atoms with van der Waals surface area (Å²) in [6.45, 7) is 15.5. The van der Waals surface area contributed by atoms with Gasteiger partial charge in [0.15, 0.2) is 14.1 Å². The number of methoxy groups -OCH3 is 1. The van der Waals surface area contributed by atoms with Crippen LogP contribution in [-0.2, 0) is 20.4 Å². The van der Waals surface area contributed by atoms with Crippen molar-refractivity contribution in [2.75, 3.05) is 7.11 Å². The van der Waals surface area contributed by atoms with Gasteiger partial charge in [-0.05, 0) is 86.2 Å². The number of halogens is 1. The van der Waals surface area contributed by atoms with E-state index in [1.165, 1.54) is 23.3 Å². The minimum absolute atomic E-state index is 0.0680. The molecule has 36 heavy (non-hydrogen) atoms. The number of ether oxygens (including phenoxy) is 1. The molecular formula is C29H47ClO4SSi. The second-order valence-corrected chi connectivity index (χ2v) is 18.4. The Hall–Kier alpha value is -0.953. The summed E-state index contributed by atoms with van der Waals surface area (Å²) < 4.78 is 11.4. The quantitative estimate of drug-likeness (QED) is 0.106. The van der Waals surface area contributed by atoms with Crippen molar-refractivity contribution in [1.29, 1.82) is 0 Å². The molecule has 1 aromatic rings. The van der Waals surface area contributed by atoms with Gasteiger partial charge >= 0.3 is 5.97 Å². The van der Waals surface area contributed by atoms with Crippen LogP contribution in [0.3, 0.4) is 0 Å². The number of unbranched alkanes of at least 4 members (excludes halogenated alkanes) is 1. The highest BCUT2D eigenvalue weighted by molar-refractivity contribution is 7.13. The van der Waals surface area contributed by atoms with Gasteiger partial charge in [-0.3, -0.25) is 4.79 Å². The Morgan fingerprint density at radius 3 is 2.56 bits per heavy atom. The fourth-order valence-corrected chi connectivity index (χ4v) is 7.63. The summed E-state index contributed by atoms with van der Waals surface area (Å²) in [5.41, 5.74) is 0. The average Bonchev–Trinajstić information content (AvgIpc) is 3.37. The topological polar surface area (TPSA) is 52.6 Å². The van der Waals surface area contributed by atoms with Crippen molar-refractivity contribution in [2.45, 2.75) is 109 Å². The average molecular weight is 555 g/mol. The second-order valence-electron chi connectivity index (χ2n) is 11.9. The van der Waals surface area contributed by atoms with E-state index < -0.39 is 8.32 Å². The van der Waals surface area contributed by atoms with E-state index in [2.05, 4.69) is 53.8 Å². The Bertz CT molecular complexity index is 888. The van der Waals surface area contributed by atoms with Crippen LogP contribution in [0.5, 0.6) is 0 Å². The molecule has 1 aliphatic carbocycles. The van der Waals surface area contributed by atoms with Crippen LogP contribution in [-0.4, -0.2) is 38.7 Å². The van der Waals surface area contributed by atoms with Gasteiger partial charge in [-0.2, -0.15) is 0 Å². The van der Waals surface area contributed by atoms with Crippen LogP contribution >= 0.6 is 22.9 Å². The smallest absolute Gasteiger partial charge is 0.348 e. The lowest BCUT2D eigenvalue weighted by atomic mass is 9.86. The summed E-state index contributed by atoms with van der Waals surface area (Å²) in [6.07, 6.45) is 10.3. The number of alkyl halides is 1. The predicted molar refractivity (Wildman–Crippen MR) is 155 cm³/mol. The molecule has 7 heteroatoms. The van der Waals surface area contributed by atoms with Gasteiger partial charge in [-0.15, -0.1) is 22.9 Å². The molecule has 1 aromatic heterocycles. The summed E-state index contributed by atoms with van der Waals surface area (Å²) in [4.78, 5) is 26.9. The van der Waals surface area contributed by atoms with Crippen molar-refractivity contribution >= 4 is 43.0 Å². The van der Waals surface area contributed by atoms with Crippen LogP contribution in [0.25, 0.3) is 0 Å². The third kappa shape index (κ3) is 8.54. The number of carbonyl (C=O) groups is 2. The Morgan fingerprint density at radius 1 is 1.25 bits per heavy atom. The van der Waals surface area contributed by atoms with Crippen LogP contribution in [0.15, 0.2) is 24.3 Å². The first kappa shape index (κ1) is 31.3. The third-order valence-electron chi connectivity index (χ3n) is 8.08. The number of rotatable bonds is 13. The van der Waals surface area contributed by atoms with Gasteiger partial charge in [0.1, 0.15) is 11.0 Å². The van der Waals surface area contributed by atoms with E-state index in [0.717, 1.165) is 44.9 Å². The molecule has 1 unspecified atom stereocenters. The Balaban J connectivity index is 2.04. The van der Waals surface area contributed by atoms with Crippen LogP contribution in [0.2, 0.25) is 18.1 Å². The number of allylic oxidation sites excluding steroid dienone is 1. The van der Waals surface area contributed by atoms with E-state index >= 15 is 0 Å². The van der Waals surface area contributed by atoms with Crippen LogP contribution in [0, 0.1) is 17.8 Å². The molecule has 1 saturated carbocycles. The Kier molecular flexibility index (Phi) is 11.9. The number of aryl methyl sites for hydroxylation is 1. The van der Waals surface area contributed by atoms with Gasteiger partial charge in [0.25, 0.3) is 0 Å². The number of thiophene rings is 1. The first-order chi connectivity index (χ1) is 16.8. The molecule has 0 aliphatic heterocycles. The molecule has 2 rings (SSSR count). The zero-order valence-corrected chi connectivity index (χ0v) is 26.1. The Morgan fingerprint density at radius 2 is 1.94 bits per heavy atom. The molecule has 0 aromatic carbocycles. The molecule has 0 saturated heterocycles. The number of hydrogen-bond donors (Lipinski definition) is 0. The first-order valence-corrected chi connectivity index (χ1v) is 17.7. The lowest BCUT2D eigenvalue weighted by Crippen LogP contribution is -2.45. The van der Waals surface area contributed by atoms with Crippen molar-refractivity contribution in [3.05, 3.63) is 34.0 Å². The Labute approximate surface area is 229 Å². The SMILES string of the molecule is CCCCC(O[Si](C)(C)C(C)(C)C)C(=O)/C=C/[C@@H]1[C@@H](CCCc2ccc(C(=O)OC)s2)[C@H](Cl)C[C@H]1C. The molecule has 204 valence electrons. The van der Waals surface area contributed by atoms with Crippen molar-refractivity contribution < 1.29 is 18.8 Å². The molecule has 1 heterocycles. The molecule has 0 N–H and O–H groups in total. The fourth-order valence-electron chi connectivity index (χ4n) is 4.78. The fraction of sp³-hybridized carbons (Fsp3) is 0.724. The van der Waals surface area contributed by atoms with Crippen molar-refractivity contribution in [3.8, 4) is 0 Å². The lowest BCUT2D eigenvalue weighted by Gasteiger charge is -2.38. The number of esters is 1. The second kappa shape index (κ2) is 13.7.